The quantitative estimate of drug-likeness (QED) is 0.865. The molecule has 0 radical (unpaired) electrons. The van der Waals surface area contributed by atoms with Gasteiger partial charge in [0.25, 0.3) is 0 Å². The lowest BCUT2D eigenvalue weighted by molar-refractivity contribution is -0.142. The fraction of sp³-hybridized carbons (Fsp3) is 0.750. The summed E-state index contributed by atoms with van der Waals surface area (Å²) in [6.45, 7) is 2.30. The van der Waals surface area contributed by atoms with Gasteiger partial charge in [-0.25, -0.2) is 4.79 Å². The highest BCUT2D eigenvalue weighted by molar-refractivity contribution is 5.75. The summed E-state index contributed by atoms with van der Waals surface area (Å²) in [5.74, 6) is -0.569. The highest BCUT2D eigenvalue weighted by Gasteiger charge is 2.29. The van der Waals surface area contributed by atoms with E-state index in [1.54, 1.807) is 6.20 Å². The van der Waals surface area contributed by atoms with E-state index in [-0.39, 0.29) is 18.0 Å². The molecule has 8 nitrogen and oxygen atoms in total. The van der Waals surface area contributed by atoms with Crippen LogP contribution in [0.1, 0.15) is 38.5 Å². The Morgan fingerprint density at radius 3 is 2.67 bits per heavy atom. The average Bonchev–Trinajstić information content (AvgIpc) is 3.08. The summed E-state index contributed by atoms with van der Waals surface area (Å²) in [5.41, 5.74) is 0. The van der Waals surface area contributed by atoms with Gasteiger partial charge in [0.15, 0.2) is 0 Å². The maximum Gasteiger partial charge on any atom is 0.317 e. The first-order valence-electron chi connectivity index (χ1n) is 8.74. The van der Waals surface area contributed by atoms with E-state index >= 15 is 0 Å². The summed E-state index contributed by atoms with van der Waals surface area (Å²) < 4.78 is 1.82. The Labute approximate surface area is 141 Å². The number of aliphatic carboxylic acids is 1. The number of piperidine rings is 1. The second kappa shape index (κ2) is 7.63. The molecule has 1 aromatic heterocycles. The van der Waals surface area contributed by atoms with Gasteiger partial charge in [0.05, 0.1) is 12.1 Å². The van der Waals surface area contributed by atoms with Crippen molar-refractivity contribution in [2.24, 2.45) is 11.8 Å². The molecule has 2 aliphatic rings. The maximum atomic E-state index is 12.5. The van der Waals surface area contributed by atoms with Crippen molar-refractivity contribution in [1.29, 1.82) is 0 Å². The predicted octanol–water partition coefficient (Wildman–Crippen LogP) is 1.34. The lowest BCUT2D eigenvalue weighted by Crippen LogP contribution is -2.50. The summed E-state index contributed by atoms with van der Waals surface area (Å²) >= 11 is 0. The highest BCUT2D eigenvalue weighted by atomic mass is 16.4. The van der Waals surface area contributed by atoms with Gasteiger partial charge in [-0.15, -0.1) is 5.10 Å². The smallest absolute Gasteiger partial charge is 0.317 e. The fourth-order valence-corrected chi connectivity index (χ4v) is 3.74. The van der Waals surface area contributed by atoms with Crippen molar-refractivity contribution in [3.63, 3.8) is 0 Å². The van der Waals surface area contributed by atoms with Gasteiger partial charge in [0, 0.05) is 31.9 Å². The van der Waals surface area contributed by atoms with Gasteiger partial charge in [0.2, 0.25) is 0 Å². The van der Waals surface area contributed by atoms with Crippen LogP contribution in [0, 0.1) is 11.8 Å². The first kappa shape index (κ1) is 16.7. The molecule has 1 aliphatic carbocycles. The first-order valence-corrected chi connectivity index (χ1v) is 8.74. The summed E-state index contributed by atoms with van der Waals surface area (Å²) in [4.78, 5) is 25.4. The molecule has 132 valence electrons. The van der Waals surface area contributed by atoms with Gasteiger partial charge in [-0.2, -0.15) is 0 Å². The van der Waals surface area contributed by atoms with Gasteiger partial charge in [0.1, 0.15) is 0 Å². The Morgan fingerprint density at radius 2 is 2.00 bits per heavy atom. The van der Waals surface area contributed by atoms with Gasteiger partial charge >= 0.3 is 12.0 Å². The van der Waals surface area contributed by atoms with E-state index in [9.17, 15) is 9.59 Å². The molecule has 1 saturated carbocycles. The van der Waals surface area contributed by atoms with Crippen molar-refractivity contribution < 1.29 is 14.7 Å². The zero-order valence-electron chi connectivity index (χ0n) is 13.8. The maximum absolute atomic E-state index is 12.5. The Bertz CT molecular complexity index is 554. The number of carboxylic acid groups (broad SMARTS) is 1. The molecule has 0 aromatic carbocycles. The topological polar surface area (TPSA) is 100 Å². The third-order valence-corrected chi connectivity index (χ3v) is 5.13. The summed E-state index contributed by atoms with van der Waals surface area (Å²) in [6.07, 6.45) is 8.40. The van der Waals surface area contributed by atoms with Crippen LogP contribution in [0.15, 0.2) is 12.4 Å². The summed E-state index contributed by atoms with van der Waals surface area (Å²) in [6, 6.07) is 0.0841. The number of rotatable bonds is 4. The number of nitrogens with one attached hydrogen (secondary N) is 1. The number of aromatic nitrogens is 3. The second-order valence-corrected chi connectivity index (χ2v) is 6.92. The van der Waals surface area contributed by atoms with Crippen LogP contribution < -0.4 is 5.32 Å². The van der Waals surface area contributed by atoms with Crippen molar-refractivity contribution >= 4 is 12.0 Å². The lowest BCUT2D eigenvalue weighted by Gasteiger charge is -2.35. The molecule has 8 heteroatoms. The van der Waals surface area contributed by atoms with Gasteiger partial charge in [-0.1, -0.05) is 5.21 Å². The Kier molecular flexibility index (Phi) is 5.32. The van der Waals surface area contributed by atoms with Gasteiger partial charge in [-0.3, -0.25) is 9.48 Å². The van der Waals surface area contributed by atoms with E-state index in [0.717, 1.165) is 45.3 Å². The number of carboxylic acids is 1. The molecule has 3 rings (SSSR count). The second-order valence-electron chi connectivity index (χ2n) is 6.92. The molecule has 1 atom stereocenters. The number of carbonyl (C=O) groups excluding carboxylic acids is 1. The molecule has 2 amide bonds. The van der Waals surface area contributed by atoms with Crippen LogP contribution in [0.2, 0.25) is 0 Å². The van der Waals surface area contributed by atoms with E-state index in [4.69, 9.17) is 5.11 Å². The zero-order chi connectivity index (χ0) is 16.9. The predicted molar refractivity (Wildman–Crippen MR) is 86.2 cm³/mol. The van der Waals surface area contributed by atoms with Crippen LogP contribution in [0.5, 0.6) is 0 Å². The summed E-state index contributed by atoms with van der Waals surface area (Å²) in [7, 11) is 0. The lowest BCUT2D eigenvalue weighted by atomic mass is 9.86. The molecular formula is C16H25N5O3. The van der Waals surface area contributed by atoms with Crippen LogP contribution in [0.4, 0.5) is 4.79 Å². The normalized spacial score (nSPS) is 27.7. The SMILES string of the molecule is O=C(O)C1CCC(NC(=O)N2CCCC(Cn3ccnn3)C2)CC1. The molecule has 1 aliphatic heterocycles. The Hall–Kier alpha value is -2.12. The number of likely N-dealkylation sites (tertiary alicyclic amines) is 1. The van der Waals surface area contributed by atoms with Crippen LogP contribution in [0.3, 0.4) is 0 Å². The highest BCUT2D eigenvalue weighted by Crippen LogP contribution is 2.25. The Balaban J connectivity index is 1.45. The van der Waals surface area contributed by atoms with Crippen molar-refractivity contribution in [2.75, 3.05) is 13.1 Å². The molecule has 2 fully saturated rings. The van der Waals surface area contributed by atoms with E-state index in [1.807, 2.05) is 15.8 Å². The van der Waals surface area contributed by atoms with Gasteiger partial charge < -0.3 is 15.3 Å². The minimum Gasteiger partial charge on any atom is -0.481 e. The van der Waals surface area contributed by atoms with E-state index in [1.165, 1.54) is 0 Å². The summed E-state index contributed by atoms with van der Waals surface area (Å²) in [5, 5.41) is 19.9. The van der Waals surface area contributed by atoms with E-state index in [0.29, 0.717) is 18.8 Å². The molecule has 1 saturated heterocycles. The molecule has 0 spiro atoms. The van der Waals surface area contributed by atoms with Crippen molar-refractivity contribution in [1.82, 2.24) is 25.2 Å². The van der Waals surface area contributed by atoms with Crippen molar-refractivity contribution in [3.05, 3.63) is 12.4 Å². The monoisotopic (exact) mass is 335 g/mol. The zero-order valence-corrected chi connectivity index (χ0v) is 13.8. The van der Waals surface area contributed by atoms with Crippen LogP contribution in [-0.2, 0) is 11.3 Å². The number of carbonyl (C=O) groups is 2. The van der Waals surface area contributed by atoms with E-state index in [2.05, 4.69) is 15.6 Å². The van der Waals surface area contributed by atoms with Crippen LogP contribution in [-0.4, -0.2) is 56.1 Å². The molecule has 2 N–H and O–H groups in total. The fourth-order valence-electron chi connectivity index (χ4n) is 3.74. The minimum absolute atomic E-state index is 0.0166. The molecule has 24 heavy (non-hydrogen) atoms. The molecule has 1 unspecified atom stereocenters. The number of hydrogen-bond donors (Lipinski definition) is 2. The standard InChI is InChI=1S/C16H25N5O3/c22-15(23)13-3-5-14(6-4-13)18-16(24)20-8-1-2-12(10-20)11-21-9-7-17-19-21/h7,9,12-14H,1-6,8,10-11H2,(H,18,24)(H,22,23). The minimum atomic E-state index is -0.716. The molecule has 1 aromatic rings. The molecular weight excluding hydrogens is 310 g/mol. The van der Waals surface area contributed by atoms with Gasteiger partial charge in [-0.05, 0) is 44.4 Å². The Morgan fingerprint density at radius 1 is 1.21 bits per heavy atom. The van der Waals surface area contributed by atoms with E-state index < -0.39 is 5.97 Å². The van der Waals surface area contributed by atoms with Crippen LogP contribution >= 0.6 is 0 Å². The molecule has 0 bridgehead atoms. The number of urea groups is 1. The number of hydrogen-bond acceptors (Lipinski definition) is 4. The largest absolute Gasteiger partial charge is 0.481 e. The first-order chi connectivity index (χ1) is 11.6. The third kappa shape index (κ3) is 4.24. The third-order valence-electron chi connectivity index (χ3n) is 5.13. The molecule has 2 heterocycles. The van der Waals surface area contributed by atoms with Crippen molar-refractivity contribution in [2.45, 2.75) is 51.1 Å². The van der Waals surface area contributed by atoms with Crippen molar-refractivity contribution in [3.8, 4) is 0 Å². The number of amides is 2. The number of nitrogens with zero attached hydrogens (tertiary/aromatic N) is 4. The van der Waals surface area contributed by atoms with Crippen LogP contribution in [0.25, 0.3) is 0 Å². The average molecular weight is 335 g/mol.